The number of hydrogen-bond donors (Lipinski definition) is 0. The van der Waals surface area contributed by atoms with Crippen LogP contribution in [0.3, 0.4) is 0 Å². The maximum atomic E-state index is 6.20. The fourth-order valence-electron chi connectivity index (χ4n) is 2.64. The number of hydrogen-bond acceptors (Lipinski definition) is 2. The zero-order valence-corrected chi connectivity index (χ0v) is 11.6. The first kappa shape index (κ1) is 14.0. The van der Waals surface area contributed by atoms with E-state index < -0.39 is 0 Å². The molecule has 1 saturated heterocycles. The summed E-state index contributed by atoms with van der Waals surface area (Å²) < 4.78 is 12.1. The van der Waals surface area contributed by atoms with Crippen LogP contribution in [0.4, 0.5) is 0 Å². The lowest BCUT2D eigenvalue weighted by Gasteiger charge is -2.40. The van der Waals surface area contributed by atoms with E-state index in [0.717, 1.165) is 19.4 Å². The van der Waals surface area contributed by atoms with Crippen LogP contribution in [0, 0.1) is 5.92 Å². The molecule has 0 aromatic heterocycles. The second-order valence-electron chi connectivity index (χ2n) is 5.83. The molecule has 0 N–H and O–H groups in total. The zero-order valence-electron chi connectivity index (χ0n) is 11.6. The van der Waals surface area contributed by atoms with Gasteiger partial charge < -0.3 is 9.47 Å². The predicted octanol–water partition coefficient (Wildman–Crippen LogP) is 3.79. The molecule has 2 nitrogen and oxygen atoms in total. The lowest BCUT2D eigenvalue weighted by Crippen LogP contribution is -2.44. The van der Waals surface area contributed by atoms with E-state index in [1.807, 2.05) is 0 Å². The van der Waals surface area contributed by atoms with Crippen LogP contribution < -0.4 is 0 Å². The Morgan fingerprint density at radius 2 is 1.94 bits per heavy atom. The van der Waals surface area contributed by atoms with Crippen molar-refractivity contribution >= 4 is 0 Å². The summed E-state index contributed by atoms with van der Waals surface area (Å²) in [6.45, 7) is 11.8. The van der Waals surface area contributed by atoms with Crippen molar-refractivity contribution in [1.82, 2.24) is 0 Å². The number of rotatable bonds is 4. The van der Waals surface area contributed by atoms with Crippen LogP contribution in [-0.2, 0) is 9.47 Å². The van der Waals surface area contributed by atoms with Gasteiger partial charge in [0.2, 0.25) is 0 Å². The molecule has 16 heavy (non-hydrogen) atoms. The van der Waals surface area contributed by atoms with Crippen molar-refractivity contribution in [2.45, 2.75) is 78.1 Å². The maximum absolute atomic E-state index is 6.20. The molecule has 0 aromatic rings. The minimum atomic E-state index is -0.0354. The van der Waals surface area contributed by atoms with Gasteiger partial charge in [0, 0.05) is 12.5 Å². The molecule has 0 amide bonds. The Morgan fingerprint density at radius 3 is 2.44 bits per heavy atom. The molecule has 1 aliphatic heterocycles. The van der Waals surface area contributed by atoms with Crippen LogP contribution >= 0.6 is 0 Å². The molecule has 3 unspecified atom stereocenters. The van der Waals surface area contributed by atoms with Crippen LogP contribution in [0.15, 0.2) is 0 Å². The van der Waals surface area contributed by atoms with Crippen molar-refractivity contribution in [2.24, 2.45) is 5.92 Å². The summed E-state index contributed by atoms with van der Waals surface area (Å²) in [4.78, 5) is 0. The molecular formula is C14H28O2. The van der Waals surface area contributed by atoms with Crippen molar-refractivity contribution in [3.63, 3.8) is 0 Å². The Labute approximate surface area is 101 Å². The average Bonchev–Trinajstić information content (AvgIpc) is 2.18. The van der Waals surface area contributed by atoms with Gasteiger partial charge in [-0.2, -0.15) is 0 Å². The van der Waals surface area contributed by atoms with Gasteiger partial charge in [-0.25, -0.2) is 0 Å². The molecule has 0 bridgehead atoms. The Balaban J connectivity index is 2.64. The topological polar surface area (TPSA) is 18.5 Å². The summed E-state index contributed by atoms with van der Waals surface area (Å²) in [6, 6.07) is 0. The van der Waals surface area contributed by atoms with Crippen LogP contribution in [0.1, 0.15) is 60.3 Å². The van der Waals surface area contributed by atoms with E-state index >= 15 is 0 Å². The van der Waals surface area contributed by atoms with Crippen LogP contribution in [0.25, 0.3) is 0 Å². The molecule has 0 saturated carbocycles. The van der Waals surface area contributed by atoms with Crippen LogP contribution in [0.2, 0.25) is 0 Å². The van der Waals surface area contributed by atoms with Crippen molar-refractivity contribution < 1.29 is 9.47 Å². The van der Waals surface area contributed by atoms with Crippen LogP contribution in [0.5, 0.6) is 0 Å². The van der Waals surface area contributed by atoms with Gasteiger partial charge in [0.25, 0.3) is 0 Å². The van der Waals surface area contributed by atoms with Gasteiger partial charge in [-0.1, -0.05) is 20.3 Å². The van der Waals surface area contributed by atoms with Crippen molar-refractivity contribution in [3.05, 3.63) is 0 Å². The second kappa shape index (κ2) is 6.02. The maximum Gasteiger partial charge on any atom is 0.0657 e. The summed E-state index contributed by atoms with van der Waals surface area (Å²) in [5.41, 5.74) is -0.0354. The first-order chi connectivity index (χ1) is 7.48. The zero-order chi connectivity index (χ0) is 12.2. The van der Waals surface area contributed by atoms with Gasteiger partial charge in [0.1, 0.15) is 0 Å². The quantitative estimate of drug-likeness (QED) is 0.729. The van der Waals surface area contributed by atoms with E-state index in [1.54, 1.807) is 0 Å². The molecule has 1 aliphatic rings. The lowest BCUT2D eigenvalue weighted by molar-refractivity contribution is -0.160. The van der Waals surface area contributed by atoms with E-state index in [4.69, 9.17) is 9.47 Å². The third-order valence-electron chi connectivity index (χ3n) is 3.22. The van der Waals surface area contributed by atoms with E-state index in [-0.39, 0.29) is 5.60 Å². The van der Waals surface area contributed by atoms with Crippen molar-refractivity contribution in [1.29, 1.82) is 0 Å². The highest BCUT2D eigenvalue weighted by Gasteiger charge is 2.35. The summed E-state index contributed by atoms with van der Waals surface area (Å²) >= 11 is 0. The van der Waals surface area contributed by atoms with E-state index in [0.29, 0.717) is 18.1 Å². The van der Waals surface area contributed by atoms with E-state index in [2.05, 4.69) is 34.6 Å². The molecule has 0 radical (unpaired) electrons. The Bertz CT molecular complexity index is 195. The Kier molecular flexibility index (Phi) is 5.26. The minimum Gasteiger partial charge on any atom is -0.378 e. The lowest BCUT2D eigenvalue weighted by atomic mass is 9.86. The largest absolute Gasteiger partial charge is 0.378 e. The summed E-state index contributed by atoms with van der Waals surface area (Å²) in [5, 5.41) is 0. The first-order valence-electron chi connectivity index (χ1n) is 6.77. The van der Waals surface area contributed by atoms with Gasteiger partial charge in [0.15, 0.2) is 0 Å². The molecule has 3 atom stereocenters. The standard InChI is InChI=1S/C14H28O2/c1-6-8-11-12(7-2)15-10-9-13(11)16-14(3,4)5/h11-13H,6-10H2,1-5H3. The fraction of sp³-hybridized carbons (Fsp3) is 1.00. The fourth-order valence-corrected chi connectivity index (χ4v) is 2.64. The molecular weight excluding hydrogens is 200 g/mol. The SMILES string of the molecule is CCCC1C(CC)OCCC1OC(C)(C)C. The van der Waals surface area contributed by atoms with Gasteiger partial charge >= 0.3 is 0 Å². The normalized spacial score (nSPS) is 31.7. The molecule has 0 aromatic carbocycles. The molecule has 2 heteroatoms. The van der Waals surface area contributed by atoms with Gasteiger partial charge in [-0.15, -0.1) is 0 Å². The van der Waals surface area contributed by atoms with E-state index in [9.17, 15) is 0 Å². The second-order valence-corrected chi connectivity index (χ2v) is 5.83. The molecule has 1 fully saturated rings. The highest BCUT2D eigenvalue weighted by atomic mass is 16.5. The van der Waals surface area contributed by atoms with E-state index in [1.165, 1.54) is 12.8 Å². The molecule has 0 spiro atoms. The Hall–Kier alpha value is -0.0800. The Morgan fingerprint density at radius 1 is 1.25 bits per heavy atom. The predicted molar refractivity (Wildman–Crippen MR) is 67.7 cm³/mol. The van der Waals surface area contributed by atoms with Crippen LogP contribution in [-0.4, -0.2) is 24.4 Å². The molecule has 0 aliphatic carbocycles. The summed E-state index contributed by atoms with van der Waals surface area (Å²) in [5.74, 6) is 0.586. The summed E-state index contributed by atoms with van der Waals surface area (Å²) in [6.07, 6.45) is 5.39. The summed E-state index contributed by atoms with van der Waals surface area (Å²) in [7, 11) is 0. The van der Waals surface area contributed by atoms with Crippen molar-refractivity contribution in [2.75, 3.05) is 6.61 Å². The third-order valence-corrected chi connectivity index (χ3v) is 3.22. The highest BCUT2D eigenvalue weighted by molar-refractivity contribution is 4.83. The molecule has 96 valence electrons. The van der Waals surface area contributed by atoms with Gasteiger partial charge in [-0.3, -0.25) is 0 Å². The smallest absolute Gasteiger partial charge is 0.0657 e. The molecule has 1 heterocycles. The average molecular weight is 228 g/mol. The number of ether oxygens (including phenoxy) is 2. The highest BCUT2D eigenvalue weighted by Crippen LogP contribution is 2.32. The molecule has 1 rings (SSSR count). The van der Waals surface area contributed by atoms with Gasteiger partial charge in [0.05, 0.1) is 17.8 Å². The monoisotopic (exact) mass is 228 g/mol. The van der Waals surface area contributed by atoms with Crippen molar-refractivity contribution in [3.8, 4) is 0 Å². The minimum absolute atomic E-state index is 0.0354. The van der Waals surface area contributed by atoms with Gasteiger partial charge in [-0.05, 0) is 40.0 Å². The third kappa shape index (κ3) is 4.06. The first-order valence-corrected chi connectivity index (χ1v) is 6.77.